The second-order valence-corrected chi connectivity index (χ2v) is 9.40. The molecule has 1 aliphatic carbocycles. The first-order chi connectivity index (χ1) is 13.8. The maximum Gasteiger partial charge on any atom is 0.131 e. The van der Waals surface area contributed by atoms with Gasteiger partial charge in [-0.25, -0.2) is 4.99 Å². The van der Waals surface area contributed by atoms with Gasteiger partial charge in [0.05, 0.1) is 17.2 Å². The van der Waals surface area contributed by atoms with Gasteiger partial charge in [-0.05, 0) is 69.9 Å². The fourth-order valence-electron chi connectivity index (χ4n) is 4.03. The Bertz CT molecular complexity index is 823. The van der Waals surface area contributed by atoms with E-state index < -0.39 is 0 Å². The summed E-state index contributed by atoms with van der Waals surface area (Å²) in [4.78, 5) is 8.67. The first kappa shape index (κ1) is 21.3. The van der Waals surface area contributed by atoms with Gasteiger partial charge in [0.15, 0.2) is 0 Å². The third kappa shape index (κ3) is 6.58. The molecule has 3 heteroatoms. The molecule has 0 radical (unpaired) electrons. The summed E-state index contributed by atoms with van der Waals surface area (Å²) in [6.45, 7) is 8.34. The normalized spacial score (nSPS) is 17.1. The zero-order chi connectivity index (χ0) is 20.7. The van der Waals surface area contributed by atoms with E-state index in [1.54, 1.807) is 0 Å². The van der Waals surface area contributed by atoms with Crippen LogP contribution in [-0.4, -0.2) is 11.5 Å². The maximum atomic E-state index is 6.59. The number of ether oxygens (including phenoxy) is 1. The standard InChI is InChI=1S/C26H34N2O/c1-25(2,3)28-20-27-23-17-15-22(16-18-23)26(4,19-21-11-7-5-8-12-21)29-24-13-9-6-10-14-24/h6,9-10,13-18,21H,5,7-8,11-12,19H2,1-4H3. The van der Waals surface area contributed by atoms with Crippen LogP contribution in [0.4, 0.5) is 5.69 Å². The van der Waals surface area contributed by atoms with Crippen LogP contribution in [0.15, 0.2) is 64.6 Å². The Morgan fingerprint density at radius 3 is 2.17 bits per heavy atom. The monoisotopic (exact) mass is 390 g/mol. The molecule has 0 aromatic heterocycles. The lowest BCUT2D eigenvalue weighted by atomic mass is 9.78. The Morgan fingerprint density at radius 1 is 0.897 bits per heavy atom. The zero-order valence-corrected chi connectivity index (χ0v) is 18.3. The second-order valence-electron chi connectivity index (χ2n) is 9.40. The van der Waals surface area contributed by atoms with Gasteiger partial charge in [-0.2, -0.15) is 4.99 Å². The molecule has 3 nitrogen and oxygen atoms in total. The highest BCUT2D eigenvalue weighted by molar-refractivity contribution is 5.53. The van der Waals surface area contributed by atoms with Crippen LogP contribution in [0.2, 0.25) is 0 Å². The Hall–Kier alpha value is -2.38. The van der Waals surface area contributed by atoms with Gasteiger partial charge in [0.1, 0.15) is 11.4 Å². The van der Waals surface area contributed by atoms with Crippen molar-refractivity contribution in [3.05, 3.63) is 60.2 Å². The minimum absolute atomic E-state index is 0.161. The van der Waals surface area contributed by atoms with Gasteiger partial charge in [-0.1, -0.05) is 62.4 Å². The van der Waals surface area contributed by atoms with Crippen LogP contribution in [-0.2, 0) is 5.60 Å². The number of para-hydroxylation sites is 1. The van der Waals surface area contributed by atoms with Crippen molar-refractivity contribution in [3.8, 4) is 5.75 Å². The van der Waals surface area contributed by atoms with Crippen LogP contribution in [0.1, 0.15) is 71.8 Å². The van der Waals surface area contributed by atoms with E-state index in [2.05, 4.69) is 35.0 Å². The molecule has 3 rings (SSSR count). The molecule has 1 fully saturated rings. The fraction of sp³-hybridized carbons (Fsp3) is 0.500. The van der Waals surface area contributed by atoms with Crippen LogP contribution >= 0.6 is 0 Å². The number of rotatable bonds is 6. The van der Waals surface area contributed by atoms with Gasteiger partial charge in [0.25, 0.3) is 0 Å². The molecule has 1 saturated carbocycles. The van der Waals surface area contributed by atoms with Gasteiger partial charge >= 0.3 is 0 Å². The van der Waals surface area contributed by atoms with Crippen molar-refractivity contribution < 1.29 is 4.74 Å². The average molecular weight is 391 g/mol. The number of hydrogen-bond acceptors (Lipinski definition) is 3. The van der Waals surface area contributed by atoms with E-state index >= 15 is 0 Å². The Balaban J connectivity index is 1.83. The Morgan fingerprint density at radius 2 is 1.55 bits per heavy atom. The highest BCUT2D eigenvalue weighted by Gasteiger charge is 2.33. The summed E-state index contributed by atoms with van der Waals surface area (Å²) in [7, 11) is 0. The van der Waals surface area contributed by atoms with Gasteiger partial charge in [0.2, 0.25) is 0 Å². The number of hydrogen-bond donors (Lipinski definition) is 0. The maximum absolute atomic E-state index is 6.59. The third-order valence-corrected chi connectivity index (χ3v) is 5.53. The highest BCUT2D eigenvalue weighted by atomic mass is 16.5. The SMILES string of the molecule is CC(C)(C)N=C=Nc1ccc(C(C)(CC2CCCCC2)Oc2ccccc2)cc1. The number of benzene rings is 2. The average Bonchev–Trinajstić information content (AvgIpc) is 2.69. The predicted molar refractivity (Wildman–Crippen MR) is 121 cm³/mol. The van der Waals surface area contributed by atoms with Gasteiger partial charge < -0.3 is 4.74 Å². The van der Waals surface area contributed by atoms with Crippen molar-refractivity contribution in [3.63, 3.8) is 0 Å². The van der Waals surface area contributed by atoms with Crippen molar-refractivity contribution >= 4 is 11.7 Å². The van der Waals surface area contributed by atoms with Crippen molar-refractivity contribution in [2.24, 2.45) is 15.9 Å². The summed E-state index contributed by atoms with van der Waals surface area (Å²) in [5.74, 6) is 1.64. The van der Waals surface area contributed by atoms with E-state index in [0.717, 1.165) is 17.9 Å². The summed E-state index contributed by atoms with van der Waals surface area (Å²) in [5.41, 5.74) is 1.54. The molecule has 0 saturated heterocycles. The van der Waals surface area contributed by atoms with Crippen LogP contribution in [0.5, 0.6) is 5.75 Å². The molecule has 1 aliphatic rings. The van der Waals surface area contributed by atoms with E-state index in [1.165, 1.54) is 37.7 Å². The molecule has 2 aromatic carbocycles. The summed E-state index contributed by atoms with van der Waals surface area (Å²) in [6.07, 6.45) is 7.70. The predicted octanol–water partition coefficient (Wildman–Crippen LogP) is 7.56. The number of aliphatic imine (C=N–C) groups is 2. The molecule has 154 valence electrons. The summed E-state index contributed by atoms with van der Waals surface area (Å²) in [6, 6.07) is 21.4. The van der Waals surface area contributed by atoms with E-state index in [1.807, 2.05) is 63.2 Å². The van der Waals surface area contributed by atoms with Crippen LogP contribution in [0.3, 0.4) is 0 Å². The van der Waals surface area contributed by atoms with Crippen molar-refractivity contribution in [2.75, 3.05) is 0 Å². The Labute approximate surface area is 175 Å². The first-order valence-corrected chi connectivity index (χ1v) is 10.9. The molecule has 1 atom stereocenters. The Kier molecular flexibility index (Phi) is 6.92. The van der Waals surface area contributed by atoms with E-state index in [0.29, 0.717) is 5.92 Å². The van der Waals surface area contributed by atoms with Crippen LogP contribution in [0.25, 0.3) is 0 Å². The third-order valence-electron chi connectivity index (χ3n) is 5.53. The fourth-order valence-corrected chi connectivity index (χ4v) is 4.03. The second kappa shape index (κ2) is 9.41. The number of nitrogens with zero attached hydrogens (tertiary/aromatic N) is 2. The molecule has 0 N–H and O–H groups in total. The van der Waals surface area contributed by atoms with Gasteiger partial charge in [-0.15, -0.1) is 0 Å². The van der Waals surface area contributed by atoms with E-state index in [4.69, 9.17) is 4.74 Å². The zero-order valence-electron chi connectivity index (χ0n) is 18.3. The molecule has 0 spiro atoms. The molecule has 0 aliphatic heterocycles. The summed E-state index contributed by atoms with van der Waals surface area (Å²) in [5, 5.41) is 0. The highest BCUT2D eigenvalue weighted by Crippen LogP contribution is 2.39. The summed E-state index contributed by atoms with van der Waals surface area (Å²) >= 11 is 0. The van der Waals surface area contributed by atoms with Crippen LogP contribution in [0, 0.1) is 5.92 Å². The minimum atomic E-state index is -0.356. The minimum Gasteiger partial charge on any atom is -0.483 e. The lowest BCUT2D eigenvalue weighted by Gasteiger charge is -2.36. The topological polar surface area (TPSA) is 34.0 Å². The smallest absolute Gasteiger partial charge is 0.131 e. The van der Waals surface area contributed by atoms with Gasteiger partial charge in [-0.3, -0.25) is 0 Å². The molecule has 0 amide bonds. The van der Waals surface area contributed by atoms with Crippen LogP contribution < -0.4 is 4.74 Å². The summed E-state index contributed by atoms with van der Waals surface area (Å²) < 4.78 is 6.59. The molecule has 2 aromatic rings. The lowest BCUT2D eigenvalue weighted by Crippen LogP contribution is -2.33. The molecule has 1 unspecified atom stereocenters. The molecule has 29 heavy (non-hydrogen) atoms. The van der Waals surface area contributed by atoms with Crippen molar-refractivity contribution in [2.45, 2.75) is 77.4 Å². The molecular formula is C26H34N2O. The lowest BCUT2D eigenvalue weighted by molar-refractivity contribution is 0.0502. The largest absolute Gasteiger partial charge is 0.483 e. The van der Waals surface area contributed by atoms with Gasteiger partial charge in [0, 0.05) is 0 Å². The quantitative estimate of drug-likeness (QED) is 0.469. The van der Waals surface area contributed by atoms with Crippen molar-refractivity contribution in [1.82, 2.24) is 0 Å². The van der Waals surface area contributed by atoms with Crippen molar-refractivity contribution in [1.29, 1.82) is 0 Å². The molecule has 0 bridgehead atoms. The molecule has 0 heterocycles. The van der Waals surface area contributed by atoms with E-state index in [9.17, 15) is 0 Å². The molecular weight excluding hydrogens is 356 g/mol. The first-order valence-electron chi connectivity index (χ1n) is 10.9. The van der Waals surface area contributed by atoms with E-state index in [-0.39, 0.29) is 11.1 Å².